The summed E-state index contributed by atoms with van der Waals surface area (Å²) in [6.45, 7) is 2.84. The standard InChI is InChI=1S/C15H14F2N2O2/c1-2-18(13-5-3-4-12(16)9-13)10-11-6-7-15(19(20)21)14(17)8-11/h3-9H,2,10H2,1H3. The maximum atomic E-state index is 13.6. The average molecular weight is 292 g/mol. The summed E-state index contributed by atoms with van der Waals surface area (Å²) < 4.78 is 26.8. The maximum Gasteiger partial charge on any atom is 0.304 e. The van der Waals surface area contributed by atoms with Gasteiger partial charge in [-0.3, -0.25) is 10.1 Å². The van der Waals surface area contributed by atoms with Gasteiger partial charge >= 0.3 is 5.69 Å². The largest absolute Gasteiger partial charge is 0.367 e. The van der Waals surface area contributed by atoms with Gasteiger partial charge < -0.3 is 4.90 Å². The third-order valence-electron chi connectivity index (χ3n) is 3.14. The fourth-order valence-electron chi connectivity index (χ4n) is 2.08. The van der Waals surface area contributed by atoms with Gasteiger partial charge in [-0.15, -0.1) is 0 Å². The van der Waals surface area contributed by atoms with Crippen molar-refractivity contribution in [2.45, 2.75) is 13.5 Å². The monoisotopic (exact) mass is 292 g/mol. The van der Waals surface area contributed by atoms with Crippen LogP contribution in [0, 0.1) is 21.7 Å². The number of anilines is 1. The fraction of sp³-hybridized carbons (Fsp3) is 0.200. The molecule has 0 atom stereocenters. The summed E-state index contributed by atoms with van der Waals surface area (Å²) in [5.74, 6) is -1.21. The second-order valence-corrected chi connectivity index (χ2v) is 4.54. The number of benzene rings is 2. The van der Waals surface area contributed by atoms with Crippen LogP contribution in [0.25, 0.3) is 0 Å². The van der Waals surface area contributed by atoms with E-state index in [-0.39, 0.29) is 5.82 Å². The Morgan fingerprint density at radius 2 is 1.95 bits per heavy atom. The quantitative estimate of drug-likeness (QED) is 0.620. The lowest BCUT2D eigenvalue weighted by atomic mass is 10.1. The van der Waals surface area contributed by atoms with Gasteiger partial charge in [-0.2, -0.15) is 4.39 Å². The van der Waals surface area contributed by atoms with Gasteiger partial charge in [-0.1, -0.05) is 12.1 Å². The Bertz CT molecular complexity index is 662. The molecular weight excluding hydrogens is 278 g/mol. The Morgan fingerprint density at radius 3 is 2.52 bits per heavy atom. The first-order valence-corrected chi connectivity index (χ1v) is 6.44. The van der Waals surface area contributed by atoms with E-state index >= 15 is 0 Å². The summed E-state index contributed by atoms with van der Waals surface area (Å²) in [6.07, 6.45) is 0. The first-order valence-electron chi connectivity index (χ1n) is 6.44. The molecule has 2 rings (SSSR count). The van der Waals surface area contributed by atoms with Crippen molar-refractivity contribution in [3.63, 3.8) is 0 Å². The van der Waals surface area contributed by atoms with Crippen LogP contribution in [0.4, 0.5) is 20.2 Å². The van der Waals surface area contributed by atoms with Crippen LogP contribution in [0.2, 0.25) is 0 Å². The Labute approximate surface area is 120 Å². The molecule has 0 unspecified atom stereocenters. The molecule has 110 valence electrons. The van der Waals surface area contributed by atoms with Crippen molar-refractivity contribution in [3.05, 3.63) is 69.8 Å². The molecule has 2 aromatic carbocycles. The van der Waals surface area contributed by atoms with Gasteiger partial charge in [0.1, 0.15) is 5.82 Å². The van der Waals surface area contributed by atoms with E-state index < -0.39 is 16.4 Å². The van der Waals surface area contributed by atoms with Gasteiger partial charge in [0.15, 0.2) is 0 Å². The normalized spacial score (nSPS) is 10.4. The molecule has 0 N–H and O–H groups in total. The summed E-state index contributed by atoms with van der Waals surface area (Å²) >= 11 is 0. The molecule has 0 spiro atoms. The molecule has 0 aliphatic carbocycles. The van der Waals surface area contributed by atoms with Gasteiger partial charge in [0.05, 0.1) is 4.92 Å². The zero-order valence-electron chi connectivity index (χ0n) is 11.4. The van der Waals surface area contributed by atoms with Gasteiger partial charge in [0, 0.05) is 24.8 Å². The van der Waals surface area contributed by atoms with Crippen LogP contribution in [-0.4, -0.2) is 11.5 Å². The van der Waals surface area contributed by atoms with Crippen molar-refractivity contribution >= 4 is 11.4 Å². The highest BCUT2D eigenvalue weighted by atomic mass is 19.1. The molecule has 2 aromatic rings. The summed E-state index contributed by atoms with van der Waals surface area (Å²) in [7, 11) is 0. The SMILES string of the molecule is CCN(Cc1ccc([N+](=O)[O-])c(F)c1)c1cccc(F)c1. The highest BCUT2D eigenvalue weighted by Gasteiger charge is 2.15. The Hall–Kier alpha value is -2.50. The van der Waals surface area contributed by atoms with E-state index in [1.54, 1.807) is 12.1 Å². The highest BCUT2D eigenvalue weighted by molar-refractivity contribution is 5.47. The zero-order chi connectivity index (χ0) is 15.4. The smallest absolute Gasteiger partial charge is 0.304 e. The number of nitrogens with zero attached hydrogens (tertiary/aromatic N) is 2. The molecule has 0 amide bonds. The molecule has 0 saturated heterocycles. The predicted octanol–water partition coefficient (Wildman–Crippen LogP) is 3.90. The predicted molar refractivity (Wildman–Crippen MR) is 76.2 cm³/mol. The molecular formula is C15H14F2N2O2. The second kappa shape index (κ2) is 6.30. The number of hydrogen-bond donors (Lipinski definition) is 0. The number of halogens is 2. The van der Waals surface area contributed by atoms with Crippen LogP contribution >= 0.6 is 0 Å². The fourth-order valence-corrected chi connectivity index (χ4v) is 2.08. The zero-order valence-corrected chi connectivity index (χ0v) is 11.4. The van der Waals surface area contributed by atoms with Crippen molar-refractivity contribution < 1.29 is 13.7 Å². The first-order chi connectivity index (χ1) is 10.0. The minimum absolute atomic E-state index is 0.342. The summed E-state index contributed by atoms with van der Waals surface area (Å²) in [6, 6.07) is 9.89. The van der Waals surface area contributed by atoms with Crippen LogP contribution in [0.3, 0.4) is 0 Å². The minimum Gasteiger partial charge on any atom is -0.367 e. The van der Waals surface area contributed by atoms with Crippen molar-refractivity contribution in [2.75, 3.05) is 11.4 Å². The highest BCUT2D eigenvalue weighted by Crippen LogP contribution is 2.22. The lowest BCUT2D eigenvalue weighted by Gasteiger charge is -2.23. The van der Waals surface area contributed by atoms with E-state index in [9.17, 15) is 18.9 Å². The van der Waals surface area contributed by atoms with E-state index in [4.69, 9.17) is 0 Å². The van der Waals surface area contributed by atoms with E-state index in [2.05, 4.69) is 0 Å². The third-order valence-corrected chi connectivity index (χ3v) is 3.14. The third kappa shape index (κ3) is 3.53. The summed E-state index contributed by atoms with van der Waals surface area (Å²) in [5.41, 5.74) is 0.716. The van der Waals surface area contributed by atoms with Crippen molar-refractivity contribution in [2.24, 2.45) is 0 Å². The van der Waals surface area contributed by atoms with Crippen LogP contribution in [0.15, 0.2) is 42.5 Å². The topological polar surface area (TPSA) is 46.4 Å². The van der Waals surface area contributed by atoms with E-state index in [0.29, 0.717) is 24.3 Å². The molecule has 21 heavy (non-hydrogen) atoms. The van der Waals surface area contributed by atoms with Crippen molar-refractivity contribution in [3.8, 4) is 0 Å². The van der Waals surface area contributed by atoms with Gasteiger partial charge in [0.25, 0.3) is 0 Å². The Morgan fingerprint density at radius 1 is 1.19 bits per heavy atom. The summed E-state index contributed by atoms with van der Waals surface area (Å²) in [4.78, 5) is 11.7. The summed E-state index contributed by atoms with van der Waals surface area (Å²) in [5, 5.41) is 10.6. The molecule has 0 saturated carbocycles. The van der Waals surface area contributed by atoms with Crippen LogP contribution in [0.1, 0.15) is 12.5 Å². The van der Waals surface area contributed by atoms with Crippen LogP contribution in [0.5, 0.6) is 0 Å². The van der Waals surface area contributed by atoms with Gasteiger partial charge in [0.2, 0.25) is 5.82 Å². The van der Waals surface area contributed by atoms with Crippen molar-refractivity contribution in [1.29, 1.82) is 0 Å². The number of rotatable bonds is 5. The van der Waals surface area contributed by atoms with Gasteiger partial charge in [-0.25, -0.2) is 4.39 Å². The second-order valence-electron chi connectivity index (χ2n) is 4.54. The molecule has 0 aromatic heterocycles. The van der Waals surface area contributed by atoms with Crippen LogP contribution < -0.4 is 4.90 Å². The molecule has 0 heterocycles. The lowest BCUT2D eigenvalue weighted by Crippen LogP contribution is -2.22. The number of hydrogen-bond acceptors (Lipinski definition) is 3. The Kier molecular flexibility index (Phi) is 4.47. The number of nitro benzene ring substituents is 1. The van der Waals surface area contributed by atoms with E-state index in [0.717, 1.165) is 12.1 Å². The van der Waals surface area contributed by atoms with E-state index in [1.807, 2.05) is 11.8 Å². The average Bonchev–Trinajstić information content (AvgIpc) is 2.44. The number of nitro groups is 1. The molecule has 0 aliphatic heterocycles. The van der Waals surface area contributed by atoms with Crippen LogP contribution in [-0.2, 0) is 6.54 Å². The molecule has 0 fully saturated rings. The molecule has 4 nitrogen and oxygen atoms in total. The van der Waals surface area contributed by atoms with E-state index in [1.165, 1.54) is 18.2 Å². The Balaban J connectivity index is 2.23. The first kappa shape index (κ1) is 14.9. The molecule has 0 radical (unpaired) electrons. The van der Waals surface area contributed by atoms with Gasteiger partial charge in [-0.05, 0) is 36.8 Å². The van der Waals surface area contributed by atoms with Crippen molar-refractivity contribution in [1.82, 2.24) is 0 Å². The molecule has 0 aliphatic rings. The minimum atomic E-state index is -0.868. The lowest BCUT2D eigenvalue weighted by molar-refractivity contribution is -0.387. The molecule has 0 bridgehead atoms. The molecule has 6 heteroatoms. The maximum absolute atomic E-state index is 13.6.